The van der Waals surface area contributed by atoms with Crippen molar-refractivity contribution in [2.45, 2.75) is 64.5 Å². The molecule has 0 N–H and O–H groups in total. The molecule has 1 fully saturated rings. The Bertz CT molecular complexity index is 550. The number of Topliss-reactive ketones (excluding diaryl/α,β-unsaturated/α-hetero) is 1. The van der Waals surface area contributed by atoms with Gasteiger partial charge in [0.05, 0.1) is 4.88 Å². The number of nitrogens with zero attached hydrogens (tertiary/aromatic N) is 1. The highest BCUT2D eigenvalue weighted by molar-refractivity contribution is 7.12. The Kier molecular flexibility index (Phi) is 7.44. The molecule has 1 saturated heterocycles. The van der Waals surface area contributed by atoms with Crippen LogP contribution in [-0.4, -0.2) is 48.2 Å². The lowest BCUT2D eigenvalue weighted by Gasteiger charge is -2.36. The maximum atomic E-state index is 12.4. The number of thiophene rings is 1. The van der Waals surface area contributed by atoms with Crippen molar-refractivity contribution in [1.82, 2.24) is 4.90 Å². The number of hydrogen-bond acceptors (Lipinski definition) is 5. The molecule has 0 unspecified atom stereocenters. The van der Waals surface area contributed by atoms with Crippen LogP contribution in [0.15, 0.2) is 17.5 Å². The summed E-state index contributed by atoms with van der Waals surface area (Å²) >= 11 is 1.44. The van der Waals surface area contributed by atoms with Crippen molar-refractivity contribution >= 4 is 23.2 Å². The van der Waals surface area contributed by atoms with Crippen LogP contribution in [-0.2, 0) is 9.47 Å². The Labute approximate surface area is 154 Å². The molecule has 0 aliphatic carbocycles. The Morgan fingerprint density at radius 1 is 1.32 bits per heavy atom. The highest BCUT2D eigenvalue weighted by Crippen LogP contribution is 2.23. The lowest BCUT2D eigenvalue weighted by molar-refractivity contribution is 0.00760. The van der Waals surface area contributed by atoms with Gasteiger partial charge in [-0.05, 0) is 64.3 Å². The SMILES string of the molecule is CC(C)(C)OC(=O)N1CCCC[C@H]1CCCOCC(=O)c1cccs1. The van der Waals surface area contributed by atoms with Gasteiger partial charge in [0.15, 0.2) is 5.78 Å². The van der Waals surface area contributed by atoms with Gasteiger partial charge >= 0.3 is 6.09 Å². The van der Waals surface area contributed by atoms with E-state index in [0.29, 0.717) is 6.61 Å². The minimum Gasteiger partial charge on any atom is -0.444 e. The molecule has 25 heavy (non-hydrogen) atoms. The van der Waals surface area contributed by atoms with Crippen LogP contribution in [0.5, 0.6) is 0 Å². The molecule has 0 bridgehead atoms. The highest BCUT2D eigenvalue weighted by atomic mass is 32.1. The second-order valence-electron chi connectivity index (χ2n) is 7.42. The third-order valence-electron chi connectivity index (χ3n) is 4.11. The fraction of sp³-hybridized carbons (Fsp3) is 0.684. The summed E-state index contributed by atoms with van der Waals surface area (Å²) < 4.78 is 11.0. The molecule has 2 heterocycles. The molecule has 1 aliphatic rings. The molecule has 0 radical (unpaired) electrons. The zero-order valence-corrected chi connectivity index (χ0v) is 16.3. The van der Waals surface area contributed by atoms with Crippen molar-refractivity contribution in [3.05, 3.63) is 22.4 Å². The van der Waals surface area contributed by atoms with E-state index in [1.165, 1.54) is 11.3 Å². The molecule has 1 atom stereocenters. The zero-order chi connectivity index (χ0) is 18.3. The normalized spacial score (nSPS) is 18.2. The van der Waals surface area contributed by atoms with E-state index in [4.69, 9.17) is 9.47 Å². The Morgan fingerprint density at radius 3 is 2.80 bits per heavy atom. The molecule has 1 aromatic rings. The predicted molar refractivity (Wildman–Crippen MR) is 99.3 cm³/mol. The molecule has 0 aromatic carbocycles. The molecule has 1 amide bonds. The van der Waals surface area contributed by atoms with E-state index in [1.54, 1.807) is 0 Å². The minimum atomic E-state index is -0.468. The number of carbonyl (C=O) groups excluding carboxylic acids is 2. The van der Waals surface area contributed by atoms with Crippen molar-refractivity contribution in [3.8, 4) is 0 Å². The first-order valence-electron chi connectivity index (χ1n) is 9.01. The minimum absolute atomic E-state index is 0.0306. The van der Waals surface area contributed by atoms with Gasteiger partial charge in [-0.25, -0.2) is 4.79 Å². The number of likely N-dealkylation sites (tertiary alicyclic amines) is 1. The summed E-state index contributed by atoms with van der Waals surface area (Å²) in [7, 11) is 0. The first kappa shape index (κ1) is 19.9. The summed E-state index contributed by atoms with van der Waals surface area (Å²) in [5.74, 6) is 0.0306. The van der Waals surface area contributed by atoms with Crippen LogP contribution in [0.1, 0.15) is 62.5 Å². The van der Waals surface area contributed by atoms with E-state index >= 15 is 0 Å². The van der Waals surface area contributed by atoms with Crippen molar-refractivity contribution in [3.63, 3.8) is 0 Å². The van der Waals surface area contributed by atoms with E-state index in [9.17, 15) is 9.59 Å². The van der Waals surface area contributed by atoms with Crippen molar-refractivity contribution in [2.75, 3.05) is 19.8 Å². The van der Waals surface area contributed by atoms with E-state index < -0.39 is 5.60 Å². The van der Waals surface area contributed by atoms with Crippen molar-refractivity contribution < 1.29 is 19.1 Å². The Hall–Kier alpha value is -1.40. The maximum Gasteiger partial charge on any atom is 0.410 e. The van der Waals surface area contributed by atoms with Gasteiger partial charge in [-0.2, -0.15) is 0 Å². The van der Waals surface area contributed by atoms with Crippen molar-refractivity contribution in [1.29, 1.82) is 0 Å². The second-order valence-corrected chi connectivity index (χ2v) is 8.37. The van der Waals surface area contributed by atoms with Crippen LogP contribution in [0.4, 0.5) is 4.79 Å². The third kappa shape index (κ3) is 6.78. The van der Waals surface area contributed by atoms with Gasteiger partial charge in [0.2, 0.25) is 0 Å². The molecule has 1 aliphatic heterocycles. The maximum absolute atomic E-state index is 12.4. The molecule has 5 nitrogen and oxygen atoms in total. The van der Waals surface area contributed by atoms with Gasteiger partial charge in [-0.1, -0.05) is 6.07 Å². The van der Waals surface area contributed by atoms with E-state index in [0.717, 1.165) is 43.5 Å². The summed E-state index contributed by atoms with van der Waals surface area (Å²) in [5.41, 5.74) is -0.468. The smallest absolute Gasteiger partial charge is 0.410 e. The fourth-order valence-electron chi connectivity index (χ4n) is 2.96. The lowest BCUT2D eigenvalue weighted by atomic mass is 9.98. The van der Waals surface area contributed by atoms with Crippen LogP contribution in [0.3, 0.4) is 0 Å². The van der Waals surface area contributed by atoms with Crippen LogP contribution in [0.2, 0.25) is 0 Å². The summed E-state index contributed by atoms with van der Waals surface area (Å²) in [6, 6.07) is 3.89. The number of carbonyl (C=O) groups is 2. The number of ketones is 1. The number of piperidine rings is 1. The molecule has 140 valence electrons. The quantitative estimate of drug-likeness (QED) is 0.525. The summed E-state index contributed by atoms with van der Waals surface area (Å²) in [6.45, 7) is 7.10. The number of amides is 1. The summed E-state index contributed by atoms with van der Waals surface area (Å²) in [4.78, 5) is 26.8. The van der Waals surface area contributed by atoms with Gasteiger partial charge in [0, 0.05) is 19.2 Å². The van der Waals surface area contributed by atoms with Crippen LogP contribution < -0.4 is 0 Å². The Morgan fingerprint density at radius 2 is 2.12 bits per heavy atom. The molecule has 0 spiro atoms. The molecular formula is C19H29NO4S. The van der Waals surface area contributed by atoms with Gasteiger partial charge < -0.3 is 14.4 Å². The summed E-state index contributed by atoms with van der Waals surface area (Å²) in [5, 5.41) is 1.89. The average molecular weight is 368 g/mol. The molecule has 1 aromatic heterocycles. The van der Waals surface area contributed by atoms with Gasteiger partial charge in [-0.15, -0.1) is 11.3 Å². The standard InChI is InChI=1S/C19H29NO4S/c1-19(2,3)24-18(22)20-11-5-4-8-15(20)9-6-12-23-14-16(21)17-10-7-13-25-17/h7,10,13,15H,4-6,8-9,11-12,14H2,1-3H3/t15-/m0/s1. The second kappa shape index (κ2) is 9.34. The lowest BCUT2D eigenvalue weighted by Crippen LogP contribution is -2.46. The zero-order valence-electron chi connectivity index (χ0n) is 15.5. The van der Waals surface area contributed by atoms with Crippen LogP contribution >= 0.6 is 11.3 Å². The van der Waals surface area contributed by atoms with E-state index in [2.05, 4.69) is 0 Å². The monoisotopic (exact) mass is 367 g/mol. The number of ether oxygens (including phenoxy) is 2. The van der Waals surface area contributed by atoms with E-state index in [1.807, 2.05) is 43.2 Å². The van der Waals surface area contributed by atoms with E-state index in [-0.39, 0.29) is 24.5 Å². The topological polar surface area (TPSA) is 55.8 Å². The first-order chi connectivity index (χ1) is 11.9. The van der Waals surface area contributed by atoms with Crippen molar-refractivity contribution in [2.24, 2.45) is 0 Å². The molecule has 2 rings (SSSR count). The molecule has 0 saturated carbocycles. The molecular weight excluding hydrogens is 338 g/mol. The number of hydrogen-bond donors (Lipinski definition) is 0. The molecule has 6 heteroatoms. The highest BCUT2D eigenvalue weighted by Gasteiger charge is 2.30. The van der Waals surface area contributed by atoms with Crippen LogP contribution in [0.25, 0.3) is 0 Å². The predicted octanol–water partition coefficient (Wildman–Crippen LogP) is 4.52. The van der Waals surface area contributed by atoms with Gasteiger partial charge in [0.25, 0.3) is 0 Å². The third-order valence-corrected chi connectivity index (χ3v) is 5.02. The van der Waals surface area contributed by atoms with Crippen LogP contribution in [0, 0.1) is 0 Å². The first-order valence-corrected chi connectivity index (χ1v) is 9.89. The fourth-order valence-corrected chi connectivity index (χ4v) is 3.61. The van der Waals surface area contributed by atoms with Gasteiger partial charge in [-0.3, -0.25) is 4.79 Å². The van der Waals surface area contributed by atoms with Gasteiger partial charge in [0.1, 0.15) is 12.2 Å². The Balaban J connectivity index is 1.70. The summed E-state index contributed by atoms with van der Waals surface area (Å²) in [6.07, 6.45) is 4.68. The number of rotatable bonds is 7. The average Bonchev–Trinajstić information content (AvgIpc) is 3.07. The largest absolute Gasteiger partial charge is 0.444 e.